The molecule has 0 saturated carbocycles. The third-order valence-corrected chi connectivity index (χ3v) is 4.12. The van der Waals surface area contributed by atoms with Gasteiger partial charge in [-0.15, -0.1) is 0 Å². The fourth-order valence-corrected chi connectivity index (χ4v) is 2.64. The van der Waals surface area contributed by atoms with Crippen molar-refractivity contribution in [3.8, 4) is 0 Å². The van der Waals surface area contributed by atoms with E-state index in [4.69, 9.17) is 10.5 Å². The molecule has 0 spiro atoms. The Morgan fingerprint density at radius 3 is 2.60 bits per heavy atom. The van der Waals surface area contributed by atoms with E-state index in [9.17, 15) is 0 Å². The molecule has 1 aliphatic rings. The maximum absolute atomic E-state index is 5.88. The van der Waals surface area contributed by atoms with Gasteiger partial charge in [-0.2, -0.15) is 0 Å². The molecule has 1 aliphatic heterocycles. The Morgan fingerprint density at radius 1 is 1.40 bits per heavy atom. The number of hydrogen-bond donors (Lipinski definition) is 2. The van der Waals surface area contributed by atoms with E-state index in [1.165, 1.54) is 25.9 Å². The van der Waals surface area contributed by atoms with Gasteiger partial charge in [0.05, 0.1) is 13.2 Å². The Kier molecular flexibility index (Phi) is 7.92. The van der Waals surface area contributed by atoms with E-state index in [-0.39, 0.29) is 0 Å². The van der Waals surface area contributed by atoms with Gasteiger partial charge in [-0.25, -0.2) is 0 Å². The van der Waals surface area contributed by atoms with Gasteiger partial charge in [0.2, 0.25) is 0 Å². The third-order valence-electron chi connectivity index (χ3n) is 4.12. The molecule has 1 fully saturated rings. The smallest absolute Gasteiger partial charge is 0.188 e. The maximum atomic E-state index is 5.88. The molecule has 0 radical (unpaired) electrons. The molecular formula is C15H32N4O. The predicted octanol–water partition coefficient (Wildman–Crippen LogP) is 1.29. The molecular weight excluding hydrogens is 252 g/mol. The van der Waals surface area contributed by atoms with Crippen LogP contribution in [0.3, 0.4) is 0 Å². The van der Waals surface area contributed by atoms with Crippen LogP contribution in [0.15, 0.2) is 4.99 Å². The van der Waals surface area contributed by atoms with Crippen LogP contribution in [0.2, 0.25) is 0 Å². The van der Waals surface area contributed by atoms with Gasteiger partial charge in [0, 0.05) is 19.7 Å². The number of likely N-dealkylation sites (tertiary alicyclic amines) is 1. The molecule has 5 nitrogen and oxygen atoms in total. The summed E-state index contributed by atoms with van der Waals surface area (Å²) in [5, 5.41) is 3.07. The first-order valence-corrected chi connectivity index (χ1v) is 7.81. The lowest BCUT2D eigenvalue weighted by atomic mass is 9.94. The molecule has 20 heavy (non-hydrogen) atoms. The van der Waals surface area contributed by atoms with Gasteiger partial charge in [-0.3, -0.25) is 9.89 Å². The first kappa shape index (κ1) is 17.2. The zero-order chi connectivity index (χ0) is 15.0. The number of hydrogen-bond acceptors (Lipinski definition) is 3. The van der Waals surface area contributed by atoms with Crippen molar-refractivity contribution < 1.29 is 4.74 Å². The average molecular weight is 284 g/mol. The number of aliphatic imine (C=N–C) groups is 1. The number of guanidine groups is 1. The predicted molar refractivity (Wildman–Crippen MR) is 85.0 cm³/mol. The minimum absolute atomic E-state index is 0.491. The Labute approximate surface area is 124 Å². The molecule has 0 aromatic carbocycles. The molecule has 1 atom stereocenters. The van der Waals surface area contributed by atoms with Crippen molar-refractivity contribution >= 4 is 5.96 Å². The van der Waals surface area contributed by atoms with E-state index < -0.39 is 0 Å². The lowest BCUT2D eigenvalue weighted by Crippen LogP contribution is -2.46. The molecule has 0 aromatic rings. The van der Waals surface area contributed by atoms with Gasteiger partial charge < -0.3 is 15.8 Å². The van der Waals surface area contributed by atoms with Crippen LogP contribution in [-0.2, 0) is 4.74 Å². The number of nitrogens with two attached hydrogens (primary N) is 1. The Balaban J connectivity index is 2.44. The highest BCUT2D eigenvalue weighted by atomic mass is 16.5. The number of methoxy groups -OCH3 is 1. The molecule has 1 saturated heterocycles. The minimum atomic E-state index is 0.491. The lowest BCUT2D eigenvalue weighted by molar-refractivity contribution is 0.113. The lowest BCUT2D eigenvalue weighted by Gasteiger charge is -2.38. The number of nitrogens with one attached hydrogen (secondary N) is 1. The highest BCUT2D eigenvalue weighted by Crippen LogP contribution is 2.21. The molecule has 3 N–H and O–H groups in total. The zero-order valence-corrected chi connectivity index (χ0v) is 13.6. The molecule has 1 unspecified atom stereocenters. The normalized spacial score (nSPS) is 20.4. The first-order chi connectivity index (χ1) is 9.54. The molecule has 0 aliphatic carbocycles. The standard InChI is InChI=1S/C15H32N4O/c1-12(2)14(19-8-5-13(3)6-9-19)11-18-15(16)17-7-10-20-4/h12-14H,5-11H2,1-4H3,(H3,16,17,18). The summed E-state index contributed by atoms with van der Waals surface area (Å²) in [7, 11) is 1.68. The number of piperidine rings is 1. The van der Waals surface area contributed by atoms with Crippen molar-refractivity contribution in [2.24, 2.45) is 22.6 Å². The number of ether oxygens (including phenoxy) is 1. The highest BCUT2D eigenvalue weighted by Gasteiger charge is 2.25. The van der Waals surface area contributed by atoms with Gasteiger partial charge >= 0.3 is 0 Å². The summed E-state index contributed by atoms with van der Waals surface area (Å²) in [5.41, 5.74) is 5.88. The summed E-state index contributed by atoms with van der Waals surface area (Å²) in [5.74, 6) is 1.99. The first-order valence-electron chi connectivity index (χ1n) is 7.81. The van der Waals surface area contributed by atoms with Gasteiger partial charge in [0.1, 0.15) is 0 Å². The summed E-state index contributed by atoms with van der Waals surface area (Å²) < 4.78 is 4.98. The molecule has 0 amide bonds. The van der Waals surface area contributed by atoms with Crippen molar-refractivity contribution in [3.05, 3.63) is 0 Å². The molecule has 118 valence electrons. The van der Waals surface area contributed by atoms with Crippen molar-refractivity contribution in [1.29, 1.82) is 0 Å². The molecule has 1 rings (SSSR count). The van der Waals surface area contributed by atoms with Crippen LogP contribution in [0.4, 0.5) is 0 Å². The number of rotatable bonds is 7. The second-order valence-corrected chi connectivity index (χ2v) is 6.18. The van der Waals surface area contributed by atoms with Crippen LogP contribution in [-0.4, -0.2) is 56.8 Å². The van der Waals surface area contributed by atoms with Crippen molar-refractivity contribution in [2.75, 3.05) is 39.9 Å². The fourth-order valence-electron chi connectivity index (χ4n) is 2.64. The second-order valence-electron chi connectivity index (χ2n) is 6.18. The van der Waals surface area contributed by atoms with Gasteiger partial charge in [0.15, 0.2) is 5.96 Å². The Morgan fingerprint density at radius 2 is 2.05 bits per heavy atom. The number of nitrogens with zero attached hydrogens (tertiary/aromatic N) is 2. The highest BCUT2D eigenvalue weighted by molar-refractivity contribution is 5.77. The van der Waals surface area contributed by atoms with Crippen LogP contribution in [0, 0.1) is 11.8 Å². The second kappa shape index (κ2) is 9.19. The van der Waals surface area contributed by atoms with E-state index in [0.29, 0.717) is 31.1 Å². The molecule has 5 heteroatoms. The molecule has 1 heterocycles. The van der Waals surface area contributed by atoms with E-state index in [2.05, 4.69) is 36.0 Å². The fraction of sp³-hybridized carbons (Fsp3) is 0.933. The van der Waals surface area contributed by atoms with Crippen molar-refractivity contribution in [2.45, 2.75) is 39.7 Å². The Bertz CT molecular complexity index is 286. The molecule has 0 aromatic heterocycles. The zero-order valence-electron chi connectivity index (χ0n) is 13.6. The topological polar surface area (TPSA) is 62.9 Å². The summed E-state index contributed by atoms with van der Waals surface area (Å²) in [4.78, 5) is 7.08. The van der Waals surface area contributed by atoms with Crippen LogP contribution < -0.4 is 11.1 Å². The van der Waals surface area contributed by atoms with Gasteiger partial charge in [0.25, 0.3) is 0 Å². The summed E-state index contributed by atoms with van der Waals surface area (Å²) >= 11 is 0. The monoisotopic (exact) mass is 284 g/mol. The summed E-state index contributed by atoms with van der Waals surface area (Å²) in [6, 6.07) is 0.491. The van der Waals surface area contributed by atoms with Gasteiger partial charge in [-0.1, -0.05) is 20.8 Å². The van der Waals surface area contributed by atoms with E-state index in [0.717, 1.165) is 12.5 Å². The van der Waals surface area contributed by atoms with Crippen LogP contribution in [0.25, 0.3) is 0 Å². The van der Waals surface area contributed by atoms with E-state index in [1.807, 2.05) is 0 Å². The van der Waals surface area contributed by atoms with E-state index in [1.54, 1.807) is 7.11 Å². The molecule has 0 bridgehead atoms. The third kappa shape index (κ3) is 6.09. The van der Waals surface area contributed by atoms with Crippen LogP contribution in [0.1, 0.15) is 33.6 Å². The van der Waals surface area contributed by atoms with E-state index >= 15 is 0 Å². The quantitative estimate of drug-likeness (QED) is 0.420. The summed E-state index contributed by atoms with van der Waals surface area (Å²) in [6.45, 7) is 11.4. The average Bonchev–Trinajstić information content (AvgIpc) is 2.41. The minimum Gasteiger partial charge on any atom is -0.383 e. The van der Waals surface area contributed by atoms with Crippen molar-refractivity contribution in [1.82, 2.24) is 10.2 Å². The largest absolute Gasteiger partial charge is 0.383 e. The summed E-state index contributed by atoms with van der Waals surface area (Å²) in [6.07, 6.45) is 2.60. The Hall–Kier alpha value is -0.810. The SMILES string of the molecule is COCCNC(N)=NCC(C(C)C)N1CCC(C)CC1. The maximum Gasteiger partial charge on any atom is 0.188 e. The van der Waals surface area contributed by atoms with Crippen molar-refractivity contribution in [3.63, 3.8) is 0 Å². The van der Waals surface area contributed by atoms with Crippen LogP contribution >= 0.6 is 0 Å². The van der Waals surface area contributed by atoms with Crippen LogP contribution in [0.5, 0.6) is 0 Å². The van der Waals surface area contributed by atoms with Gasteiger partial charge in [-0.05, 0) is 37.8 Å².